The molecule has 63 heavy (non-hydrogen) atoms. The SMILES string of the molecule is c1ccc(-c2ccc(N(c3ccc(-c4cccc5ccccc45)cc3)c3ccc4c(ccc5cc(-c6cccc7c6sc6c7ccc7sc8ccccc8c76)ccc54)c3)cc2)cc1. The highest BCUT2D eigenvalue weighted by Crippen LogP contribution is 2.47. The van der Waals surface area contributed by atoms with E-state index < -0.39 is 0 Å². The summed E-state index contributed by atoms with van der Waals surface area (Å²) in [6.45, 7) is 0. The standard InChI is InChI=1S/C60H37NS2/c1-2-10-38(11-3-1)39-22-27-45(28-23-39)61(46-29-24-41(25-30-46)49-16-8-13-40-12-4-5-14-48(40)49)47-31-33-51-44(37-47)21-20-42-36-43(26-32-50(42)51)52-17-9-18-53-54-34-35-57-58(60(54)63-59(52)53)55-15-6-7-19-56(55)62-57/h1-37H. The molecule has 0 aliphatic heterocycles. The van der Waals surface area contributed by atoms with Crippen LogP contribution in [0.15, 0.2) is 224 Å². The third-order valence-corrected chi connectivity index (χ3v) is 15.3. The Hall–Kier alpha value is -7.56. The molecule has 0 aliphatic rings. The number of hydrogen-bond donors (Lipinski definition) is 0. The fourth-order valence-corrected chi connectivity index (χ4v) is 12.4. The second kappa shape index (κ2) is 14.5. The summed E-state index contributed by atoms with van der Waals surface area (Å²) in [5.74, 6) is 0. The van der Waals surface area contributed by atoms with Gasteiger partial charge >= 0.3 is 0 Å². The summed E-state index contributed by atoms with van der Waals surface area (Å²) in [4.78, 5) is 2.38. The molecule has 0 saturated heterocycles. The maximum atomic E-state index is 2.38. The molecular weight excluding hydrogens is 799 g/mol. The molecule has 13 rings (SSSR count). The lowest BCUT2D eigenvalue weighted by Gasteiger charge is -2.26. The molecule has 0 unspecified atom stereocenters. The minimum absolute atomic E-state index is 1.11. The Bertz CT molecular complexity index is 3890. The molecule has 2 aromatic heterocycles. The first kappa shape index (κ1) is 36.1. The van der Waals surface area contributed by atoms with Crippen LogP contribution in [0.4, 0.5) is 17.1 Å². The number of hydrogen-bond acceptors (Lipinski definition) is 3. The van der Waals surface area contributed by atoms with Gasteiger partial charge in [-0.3, -0.25) is 0 Å². The van der Waals surface area contributed by atoms with Crippen molar-refractivity contribution < 1.29 is 0 Å². The van der Waals surface area contributed by atoms with Crippen molar-refractivity contribution in [3.63, 3.8) is 0 Å². The Morgan fingerprint density at radius 3 is 1.67 bits per heavy atom. The average molecular weight is 836 g/mol. The molecule has 0 N–H and O–H groups in total. The minimum Gasteiger partial charge on any atom is -0.310 e. The van der Waals surface area contributed by atoms with E-state index in [-0.39, 0.29) is 0 Å². The van der Waals surface area contributed by atoms with E-state index in [9.17, 15) is 0 Å². The molecule has 13 aromatic rings. The van der Waals surface area contributed by atoms with Gasteiger partial charge in [-0.1, -0.05) is 170 Å². The monoisotopic (exact) mass is 835 g/mol. The minimum atomic E-state index is 1.11. The Kier molecular flexibility index (Phi) is 8.33. The van der Waals surface area contributed by atoms with E-state index in [0.29, 0.717) is 0 Å². The molecule has 0 spiro atoms. The molecule has 0 radical (unpaired) electrons. The average Bonchev–Trinajstić information content (AvgIpc) is 3.93. The molecule has 0 amide bonds. The zero-order chi connectivity index (χ0) is 41.4. The number of fused-ring (bicyclic) bond motifs is 11. The van der Waals surface area contributed by atoms with Gasteiger partial charge in [-0.15, -0.1) is 22.7 Å². The van der Waals surface area contributed by atoms with Crippen LogP contribution in [0.1, 0.15) is 0 Å². The summed E-state index contributed by atoms with van der Waals surface area (Å²) >= 11 is 3.83. The molecule has 0 bridgehead atoms. The van der Waals surface area contributed by atoms with E-state index in [1.54, 1.807) is 0 Å². The lowest BCUT2D eigenvalue weighted by atomic mass is 9.96. The fourth-order valence-electron chi connectivity index (χ4n) is 9.81. The highest BCUT2D eigenvalue weighted by Gasteiger charge is 2.18. The van der Waals surface area contributed by atoms with Crippen LogP contribution in [0.2, 0.25) is 0 Å². The van der Waals surface area contributed by atoms with Gasteiger partial charge < -0.3 is 4.90 Å². The number of rotatable bonds is 6. The lowest BCUT2D eigenvalue weighted by molar-refractivity contribution is 1.29. The van der Waals surface area contributed by atoms with Crippen LogP contribution in [-0.4, -0.2) is 0 Å². The zero-order valence-corrected chi connectivity index (χ0v) is 35.8. The van der Waals surface area contributed by atoms with E-state index in [2.05, 4.69) is 229 Å². The molecule has 0 saturated carbocycles. The van der Waals surface area contributed by atoms with Gasteiger partial charge in [0.2, 0.25) is 0 Å². The van der Waals surface area contributed by atoms with Gasteiger partial charge in [0.1, 0.15) is 0 Å². The molecule has 294 valence electrons. The van der Waals surface area contributed by atoms with Crippen LogP contribution in [-0.2, 0) is 0 Å². The van der Waals surface area contributed by atoms with E-state index in [1.807, 2.05) is 22.7 Å². The van der Waals surface area contributed by atoms with Crippen LogP contribution >= 0.6 is 22.7 Å². The topological polar surface area (TPSA) is 3.24 Å². The maximum Gasteiger partial charge on any atom is 0.0468 e. The van der Waals surface area contributed by atoms with E-state index >= 15 is 0 Å². The molecule has 1 nitrogen and oxygen atoms in total. The predicted octanol–water partition coefficient (Wildman–Crippen LogP) is 18.4. The smallest absolute Gasteiger partial charge is 0.0468 e. The van der Waals surface area contributed by atoms with Crippen LogP contribution in [0, 0.1) is 0 Å². The van der Waals surface area contributed by atoms with E-state index in [1.165, 1.54) is 106 Å². The van der Waals surface area contributed by atoms with Crippen LogP contribution in [0.5, 0.6) is 0 Å². The van der Waals surface area contributed by atoms with Gasteiger partial charge in [-0.2, -0.15) is 0 Å². The van der Waals surface area contributed by atoms with Crippen molar-refractivity contribution in [3.05, 3.63) is 224 Å². The lowest BCUT2D eigenvalue weighted by Crippen LogP contribution is -2.09. The van der Waals surface area contributed by atoms with Crippen molar-refractivity contribution in [1.82, 2.24) is 0 Å². The highest BCUT2D eigenvalue weighted by atomic mass is 32.1. The van der Waals surface area contributed by atoms with Gasteiger partial charge in [-0.05, 0) is 120 Å². The highest BCUT2D eigenvalue weighted by molar-refractivity contribution is 7.30. The third kappa shape index (κ3) is 5.96. The number of thiophene rings is 2. The third-order valence-electron chi connectivity index (χ3n) is 12.9. The summed E-state index contributed by atoms with van der Waals surface area (Å²) in [6.07, 6.45) is 0. The second-order valence-corrected chi connectivity index (χ2v) is 18.5. The molecule has 0 fully saturated rings. The van der Waals surface area contributed by atoms with Gasteiger partial charge in [0, 0.05) is 57.4 Å². The van der Waals surface area contributed by atoms with E-state index in [4.69, 9.17) is 0 Å². The Morgan fingerprint density at radius 2 is 0.841 bits per heavy atom. The van der Waals surface area contributed by atoms with Crippen molar-refractivity contribution in [2.45, 2.75) is 0 Å². The van der Waals surface area contributed by atoms with Gasteiger partial charge in [0.25, 0.3) is 0 Å². The predicted molar refractivity (Wildman–Crippen MR) is 276 cm³/mol. The van der Waals surface area contributed by atoms with Crippen molar-refractivity contribution in [2.24, 2.45) is 0 Å². The summed E-state index contributed by atoms with van der Waals surface area (Å²) in [6, 6.07) is 82.7. The largest absolute Gasteiger partial charge is 0.310 e. The Morgan fingerprint density at radius 1 is 0.270 bits per heavy atom. The Balaban J connectivity index is 0.900. The first-order valence-corrected chi connectivity index (χ1v) is 23.1. The van der Waals surface area contributed by atoms with Gasteiger partial charge in [0.15, 0.2) is 0 Å². The second-order valence-electron chi connectivity index (χ2n) is 16.4. The first-order valence-electron chi connectivity index (χ1n) is 21.5. The van der Waals surface area contributed by atoms with Crippen LogP contribution in [0.25, 0.3) is 106 Å². The molecule has 11 aromatic carbocycles. The number of nitrogens with zero attached hydrogens (tertiary/aromatic N) is 1. The molecule has 0 atom stereocenters. The summed E-state index contributed by atoms with van der Waals surface area (Å²) in [7, 11) is 0. The summed E-state index contributed by atoms with van der Waals surface area (Å²) < 4.78 is 5.44. The maximum absolute atomic E-state index is 2.38. The number of anilines is 3. The van der Waals surface area contributed by atoms with Gasteiger partial charge in [-0.25, -0.2) is 0 Å². The van der Waals surface area contributed by atoms with E-state index in [0.717, 1.165) is 17.1 Å². The van der Waals surface area contributed by atoms with Crippen molar-refractivity contribution in [3.8, 4) is 33.4 Å². The van der Waals surface area contributed by atoms with Crippen molar-refractivity contribution in [1.29, 1.82) is 0 Å². The van der Waals surface area contributed by atoms with Gasteiger partial charge in [0.05, 0.1) is 0 Å². The molecule has 0 aliphatic carbocycles. The van der Waals surface area contributed by atoms with Crippen LogP contribution < -0.4 is 4.90 Å². The number of benzene rings is 11. The summed E-state index contributed by atoms with van der Waals surface area (Å²) in [5, 5.41) is 12.9. The Labute approximate surface area is 373 Å². The molecular formula is C60H37NS2. The molecule has 3 heteroatoms. The molecule has 2 heterocycles. The van der Waals surface area contributed by atoms with Crippen molar-refractivity contribution in [2.75, 3.05) is 4.90 Å². The fraction of sp³-hybridized carbons (Fsp3) is 0. The first-order chi connectivity index (χ1) is 31.2. The normalized spacial score (nSPS) is 11.8. The van der Waals surface area contributed by atoms with Crippen LogP contribution in [0.3, 0.4) is 0 Å². The van der Waals surface area contributed by atoms with Crippen molar-refractivity contribution >= 4 is 112 Å². The zero-order valence-electron chi connectivity index (χ0n) is 34.1. The summed E-state index contributed by atoms with van der Waals surface area (Å²) in [5.41, 5.74) is 10.7. The quantitative estimate of drug-likeness (QED) is 0.151.